The van der Waals surface area contributed by atoms with Crippen molar-refractivity contribution in [1.82, 2.24) is 0 Å². The quantitative estimate of drug-likeness (QED) is 0.435. The normalized spacial score (nSPS) is 10.8. The lowest BCUT2D eigenvalue weighted by Gasteiger charge is -2.16. The van der Waals surface area contributed by atoms with E-state index in [1.54, 1.807) is 0 Å². The molecule has 0 fully saturated rings. The predicted molar refractivity (Wildman–Crippen MR) is 51.2 cm³/mol. The van der Waals surface area contributed by atoms with Crippen LogP contribution in [0.1, 0.15) is 40.0 Å². The van der Waals surface area contributed by atoms with E-state index in [1.807, 2.05) is 0 Å². The third-order valence-electron chi connectivity index (χ3n) is 1.56. The Morgan fingerprint density at radius 2 is 1.91 bits per heavy atom. The molecule has 0 radical (unpaired) electrons. The Labute approximate surface area is 70.2 Å². The molecule has 0 rings (SSSR count). The van der Waals surface area contributed by atoms with Gasteiger partial charge >= 0.3 is 0 Å². The minimum atomic E-state index is 0.470. The summed E-state index contributed by atoms with van der Waals surface area (Å²) in [5.41, 5.74) is 0.470. The van der Waals surface area contributed by atoms with Crippen molar-refractivity contribution >= 4 is 5.87 Å². The van der Waals surface area contributed by atoms with Crippen molar-refractivity contribution < 1.29 is 0 Å². The van der Waals surface area contributed by atoms with Crippen molar-refractivity contribution in [3.8, 4) is 0 Å². The monoisotopic (exact) mass is 153 g/mol. The average molecular weight is 153 g/mol. The number of nitrogens with zero attached hydrogens (tertiary/aromatic N) is 1. The van der Waals surface area contributed by atoms with Crippen molar-refractivity contribution in [3.63, 3.8) is 0 Å². The smallest absolute Gasteiger partial charge is 0.0483 e. The minimum absolute atomic E-state index is 0.470. The molecule has 0 unspecified atom stereocenters. The van der Waals surface area contributed by atoms with Crippen molar-refractivity contribution in [2.24, 2.45) is 10.4 Å². The summed E-state index contributed by atoms with van der Waals surface area (Å²) in [7, 11) is 0. The highest BCUT2D eigenvalue weighted by Gasteiger charge is 2.08. The molecule has 0 saturated carbocycles. The van der Waals surface area contributed by atoms with Gasteiger partial charge in [-0.3, -0.25) is 0 Å². The van der Waals surface area contributed by atoms with Crippen LogP contribution in [0.15, 0.2) is 11.6 Å². The third kappa shape index (κ3) is 9.45. The second-order valence-corrected chi connectivity index (χ2v) is 4.06. The Balaban J connectivity index is 3.21. The summed E-state index contributed by atoms with van der Waals surface area (Å²) in [6, 6.07) is 0. The van der Waals surface area contributed by atoms with Gasteiger partial charge < -0.3 is 0 Å². The van der Waals surface area contributed by atoms with E-state index in [-0.39, 0.29) is 0 Å². The molecule has 0 N–H and O–H groups in total. The molecule has 0 spiro atoms. The topological polar surface area (TPSA) is 12.4 Å². The molecule has 0 bridgehead atoms. The number of unbranched alkanes of at least 4 members (excludes halogenated alkanes) is 1. The second kappa shape index (κ2) is 5.15. The molecule has 0 aliphatic rings. The van der Waals surface area contributed by atoms with Crippen molar-refractivity contribution in [2.75, 3.05) is 6.54 Å². The molecule has 0 aromatic heterocycles. The van der Waals surface area contributed by atoms with Crippen LogP contribution < -0.4 is 0 Å². The molecule has 1 nitrogen and oxygen atoms in total. The highest BCUT2D eigenvalue weighted by Crippen LogP contribution is 2.21. The van der Waals surface area contributed by atoms with E-state index in [4.69, 9.17) is 0 Å². The summed E-state index contributed by atoms with van der Waals surface area (Å²) in [6.45, 7) is 11.1. The summed E-state index contributed by atoms with van der Waals surface area (Å²) in [5.74, 6) is 2.54. The van der Waals surface area contributed by atoms with Crippen LogP contribution in [0.25, 0.3) is 0 Å². The fraction of sp³-hybridized carbons (Fsp3) is 0.800. The van der Waals surface area contributed by atoms with E-state index in [0.29, 0.717) is 5.41 Å². The maximum absolute atomic E-state index is 3.93. The van der Waals surface area contributed by atoms with Gasteiger partial charge in [-0.1, -0.05) is 27.2 Å². The van der Waals surface area contributed by atoms with Crippen LogP contribution in [0.4, 0.5) is 0 Å². The van der Waals surface area contributed by atoms with E-state index in [0.717, 1.165) is 6.54 Å². The van der Waals surface area contributed by atoms with Gasteiger partial charge in [0, 0.05) is 6.54 Å². The molecule has 0 atom stereocenters. The van der Waals surface area contributed by atoms with Crippen LogP contribution in [0.2, 0.25) is 0 Å². The number of hydrogen-bond donors (Lipinski definition) is 0. The van der Waals surface area contributed by atoms with Crippen molar-refractivity contribution in [1.29, 1.82) is 0 Å². The van der Waals surface area contributed by atoms with Crippen molar-refractivity contribution in [2.45, 2.75) is 40.0 Å². The Kier molecular flexibility index (Phi) is 4.89. The zero-order chi connectivity index (χ0) is 8.74. The van der Waals surface area contributed by atoms with Crippen LogP contribution in [-0.4, -0.2) is 12.4 Å². The van der Waals surface area contributed by atoms with E-state index < -0.39 is 0 Å². The zero-order valence-electron chi connectivity index (χ0n) is 7.98. The van der Waals surface area contributed by atoms with Gasteiger partial charge in [0.25, 0.3) is 0 Å². The predicted octanol–water partition coefficient (Wildman–Crippen LogP) is 3.06. The maximum atomic E-state index is 3.93. The van der Waals surface area contributed by atoms with Crippen LogP contribution in [0.3, 0.4) is 0 Å². The molecule has 0 aromatic rings. The molecule has 0 aromatic carbocycles. The van der Waals surface area contributed by atoms with Gasteiger partial charge in [0.05, 0.1) is 0 Å². The number of hydrogen-bond acceptors (Lipinski definition) is 1. The third-order valence-corrected chi connectivity index (χ3v) is 1.56. The molecular weight excluding hydrogens is 134 g/mol. The number of rotatable bonds is 4. The summed E-state index contributed by atoms with van der Waals surface area (Å²) < 4.78 is 0. The van der Waals surface area contributed by atoms with Crippen molar-refractivity contribution in [3.05, 3.63) is 6.58 Å². The Hall–Kier alpha value is -0.550. The van der Waals surface area contributed by atoms with Gasteiger partial charge in [-0.2, -0.15) is 0 Å². The van der Waals surface area contributed by atoms with E-state index in [1.165, 1.54) is 19.3 Å². The highest BCUT2D eigenvalue weighted by molar-refractivity contribution is 5.46. The fourth-order valence-corrected chi connectivity index (χ4v) is 0.925. The first-order valence-electron chi connectivity index (χ1n) is 4.25. The molecule has 1 heteroatoms. The van der Waals surface area contributed by atoms with Gasteiger partial charge in [0.2, 0.25) is 0 Å². The lowest BCUT2D eigenvalue weighted by molar-refractivity contribution is 0.361. The van der Waals surface area contributed by atoms with Gasteiger partial charge in [0.1, 0.15) is 0 Å². The van der Waals surface area contributed by atoms with Crippen LogP contribution in [-0.2, 0) is 0 Å². The lowest BCUT2D eigenvalue weighted by Crippen LogP contribution is -2.04. The van der Waals surface area contributed by atoms with Gasteiger partial charge in [-0.15, -0.1) is 0 Å². The first kappa shape index (κ1) is 10.4. The lowest BCUT2D eigenvalue weighted by atomic mass is 9.90. The van der Waals surface area contributed by atoms with E-state index in [2.05, 4.69) is 38.2 Å². The summed E-state index contributed by atoms with van der Waals surface area (Å²) in [4.78, 5) is 3.93. The van der Waals surface area contributed by atoms with Crippen LogP contribution >= 0.6 is 0 Å². The fourth-order valence-electron chi connectivity index (χ4n) is 0.925. The molecule has 0 amide bonds. The molecule has 11 heavy (non-hydrogen) atoms. The molecule has 64 valence electrons. The minimum Gasteiger partial charge on any atom is -0.244 e. The molecule has 0 aliphatic heterocycles. The first-order chi connectivity index (χ1) is 5.06. The Morgan fingerprint density at radius 3 is 2.36 bits per heavy atom. The first-order valence-corrected chi connectivity index (χ1v) is 4.25. The van der Waals surface area contributed by atoms with Gasteiger partial charge in [0.15, 0.2) is 0 Å². The SMILES string of the molecule is C=C=NCCCCC(C)(C)C. The number of aliphatic imine (C=N–C) groups is 1. The van der Waals surface area contributed by atoms with Crippen LogP contribution in [0.5, 0.6) is 0 Å². The van der Waals surface area contributed by atoms with E-state index in [9.17, 15) is 0 Å². The summed E-state index contributed by atoms with van der Waals surface area (Å²) in [6.07, 6.45) is 3.70. The zero-order valence-corrected chi connectivity index (χ0v) is 7.98. The van der Waals surface area contributed by atoms with Gasteiger partial charge in [-0.25, -0.2) is 4.99 Å². The van der Waals surface area contributed by atoms with Crippen LogP contribution in [0, 0.1) is 5.41 Å². The molecule has 0 heterocycles. The second-order valence-electron chi connectivity index (χ2n) is 4.06. The molecular formula is C10H19N. The summed E-state index contributed by atoms with van der Waals surface area (Å²) in [5, 5.41) is 0. The molecule has 0 saturated heterocycles. The Bertz CT molecular complexity index is 135. The average Bonchev–Trinajstić information content (AvgIpc) is 1.85. The maximum Gasteiger partial charge on any atom is 0.0483 e. The largest absolute Gasteiger partial charge is 0.244 e. The Morgan fingerprint density at radius 1 is 1.27 bits per heavy atom. The van der Waals surface area contributed by atoms with E-state index >= 15 is 0 Å². The summed E-state index contributed by atoms with van der Waals surface area (Å²) >= 11 is 0. The van der Waals surface area contributed by atoms with Gasteiger partial charge in [-0.05, 0) is 30.7 Å². The standard InChI is InChI=1S/C10H19N/c1-5-11-9-7-6-8-10(2,3)4/h1,6-9H2,2-4H3. The molecule has 0 aliphatic carbocycles. The highest BCUT2D eigenvalue weighted by atomic mass is 14.7.